The van der Waals surface area contributed by atoms with Gasteiger partial charge in [-0.3, -0.25) is 4.79 Å². The molecule has 1 amide bonds. The maximum Gasteiger partial charge on any atom is 0.406 e. The van der Waals surface area contributed by atoms with Crippen LogP contribution >= 0.6 is 0 Å². The highest BCUT2D eigenvalue weighted by molar-refractivity contribution is 5.75. The van der Waals surface area contributed by atoms with Gasteiger partial charge in [-0.1, -0.05) is 6.92 Å². The lowest BCUT2D eigenvalue weighted by atomic mass is 10.3. The summed E-state index contributed by atoms with van der Waals surface area (Å²) in [5, 5.41) is 0. The molecule has 0 aromatic heterocycles. The van der Waals surface area contributed by atoms with Crippen LogP contribution in [0.2, 0.25) is 0 Å². The summed E-state index contributed by atoms with van der Waals surface area (Å²) >= 11 is 0. The van der Waals surface area contributed by atoms with Gasteiger partial charge < -0.3 is 4.90 Å². The number of nitrogens with zero attached hydrogens (tertiary/aromatic N) is 1. The minimum atomic E-state index is -4.82. The van der Waals surface area contributed by atoms with Crippen LogP contribution in [-0.2, 0) is 4.79 Å². The van der Waals surface area contributed by atoms with Gasteiger partial charge in [0.2, 0.25) is 5.91 Å². The molecule has 8 heteroatoms. The number of rotatable bonds is 3. The van der Waals surface area contributed by atoms with Gasteiger partial charge in [0, 0.05) is 6.42 Å². The second-order valence-corrected chi connectivity index (χ2v) is 2.83. The van der Waals surface area contributed by atoms with Crippen molar-refractivity contribution < 1.29 is 31.1 Å². The summed E-state index contributed by atoms with van der Waals surface area (Å²) < 4.78 is 70.9. The van der Waals surface area contributed by atoms with Crippen molar-refractivity contribution in [1.29, 1.82) is 0 Å². The molecule has 0 aliphatic rings. The smallest absolute Gasteiger partial charge is 0.324 e. The molecule has 0 fully saturated rings. The molecule has 0 radical (unpaired) electrons. The van der Waals surface area contributed by atoms with E-state index in [0.717, 1.165) is 0 Å². The first-order valence-corrected chi connectivity index (χ1v) is 3.96. The molecule has 0 atom stereocenters. The van der Waals surface area contributed by atoms with E-state index in [1.807, 2.05) is 0 Å². The summed E-state index contributed by atoms with van der Waals surface area (Å²) in [6.45, 7) is -2.56. The number of hydrogen-bond acceptors (Lipinski definition) is 1. The molecule has 0 aliphatic carbocycles. The third-order valence-electron chi connectivity index (χ3n) is 1.40. The standard InChI is InChI=1S/C7H9F6NO/c1-2-5(15)14(3-6(8,9)10)4-7(11,12)13/h2-4H2,1H3. The predicted octanol–water partition coefficient (Wildman–Crippen LogP) is 2.35. The van der Waals surface area contributed by atoms with Crippen LogP contribution in [0.4, 0.5) is 26.3 Å². The third kappa shape index (κ3) is 7.03. The summed E-state index contributed by atoms with van der Waals surface area (Å²) in [5.41, 5.74) is 0. The zero-order valence-corrected chi connectivity index (χ0v) is 7.74. The van der Waals surface area contributed by atoms with Crippen LogP contribution < -0.4 is 0 Å². The monoisotopic (exact) mass is 237 g/mol. The molecular weight excluding hydrogens is 228 g/mol. The second kappa shape index (κ2) is 4.71. The SMILES string of the molecule is CCC(=O)N(CC(F)(F)F)CC(F)(F)F. The fourth-order valence-corrected chi connectivity index (χ4v) is 0.889. The van der Waals surface area contributed by atoms with Gasteiger partial charge in [0.1, 0.15) is 13.1 Å². The molecule has 0 N–H and O–H groups in total. The first kappa shape index (κ1) is 14.0. The molecule has 0 saturated carbocycles. The van der Waals surface area contributed by atoms with Gasteiger partial charge in [-0.25, -0.2) is 0 Å². The number of alkyl halides is 6. The van der Waals surface area contributed by atoms with Gasteiger partial charge in [0.25, 0.3) is 0 Å². The van der Waals surface area contributed by atoms with Crippen LogP contribution in [0.5, 0.6) is 0 Å². The molecule has 0 spiro atoms. The Kier molecular flexibility index (Phi) is 4.42. The average Bonchev–Trinajstić information content (AvgIpc) is 1.96. The minimum absolute atomic E-state index is 0.250. The fourth-order valence-electron chi connectivity index (χ4n) is 0.889. The van der Waals surface area contributed by atoms with E-state index in [-0.39, 0.29) is 4.90 Å². The molecular formula is C7H9F6NO. The van der Waals surface area contributed by atoms with Crippen molar-refractivity contribution in [2.45, 2.75) is 25.7 Å². The van der Waals surface area contributed by atoms with Crippen LogP contribution in [0, 0.1) is 0 Å². The van der Waals surface area contributed by atoms with E-state index in [0.29, 0.717) is 0 Å². The average molecular weight is 237 g/mol. The molecule has 0 rings (SSSR count). The highest BCUT2D eigenvalue weighted by Gasteiger charge is 2.38. The lowest BCUT2D eigenvalue weighted by Gasteiger charge is -2.24. The van der Waals surface area contributed by atoms with Crippen molar-refractivity contribution >= 4 is 5.91 Å². The Bertz CT molecular complexity index is 205. The molecule has 0 aliphatic heterocycles. The molecule has 0 bridgehead atoms. The number of amides is 1. The quantitative estimate of drug-likeness (QED) is 0.690. The summed E-state index contributed by atoms with van der Waals surface area (Å²) in [6, 6.07) is 0. The Labute approximate surface area is 81.8 Å². The first-order chi connectivity index (χ1) is 6.55. The van der Waals surface area contributed by atoms with Crippen molar-refractivity contribution in [3.05, 3.63) is 0 Å². The maximum absolute atomic E-state index is 11.8. The van der Waals surface area contributed by atoms with E-state index in [4.69, 9.17) is 0 Å². The van der Waals surface area contributed by atoms with Gasteiger partial charge in [-0.2, -0.15) is 26.3 Å². The van der Waals surface area contributed by atoms with Crippen LogP contribution in [0.25, 0.3) is 0 Å². The lowest BCUT2D eigenvalue weighted by molar-refractivity contribution is -0.187. The van der Waals surface area contributed by atoms with E-state index in [1.54, 1.807) is 0 Å². The van der Waals surface area contributed by atoms with Crippen molar-refractivity contribution in [3.63, 3.8) is 0 Å². The predicted molar refractivity (Wildman–Crippen MR) is 39.0 cm³/mol. The maximum atomic E-state index is 11.8. The zero-order chi connectivity index (χ0) is 12.3. The van der Waals surface area contributed by atoms with Gasteiger partial charge in [-0.05, 0) is 0 Å². The Hall–Kier alpha value is -0.950. The van der Waals surface area contributed by atoms with Crippen LogP contribution in [0.3, 0.4) is 0 Å². The van der Waals surface area contributed by atoms with Crippen molar-refractivity contribution in [2.24, 2.45) is 0 Å². The van der Waals surface area contributed by atoms with Crippen LogP contribution in [-0.4, -0.2) is 36.2 Å². The van der Waals surface area contributed by atoms with Crippen molar-refractivity contribution in [3.8, 4) is 0 Å². The Balaban J connectivity index is 4.53. The van der Waals surface area contributed by atoms with Gasteiger partial charge in [0.15, 0.2) is 0 Å². The van der Waals surface area contributed by atoms with Gasteiger partial charge in [-0.15, -0.1) is 0 Å². The summed E-state index contributed by atoms with van der Waals surface area (Å²) in [7, 11) is 0. The Morgan fingerprint density at radius 1 is 1.00 bits per heavy atom. The second-order valence-electron chi connectivity index (χ2n) is 2.83. The normalized spacial score (nSPS) is 12.7. The fraction of sp³-hybridized carbons (Fsp3) is 0.857. The highest BCUT2D eigenvalue weighted by Crippen LogP contribution is 2.22. The summed E-state index contributed by atoms with van der Waals surface area (Å²) in [6.07, 6.45) is -10.0. The summed E-state index contributed by atoms with van der Waals surface area (Å²) in [5.74, 6) is -1.18. The Morgan fingerprint density at radius 2 is 1.33 bits per heavy atom. The number of hydrogen-bond donors (Lipinski definition) is 0. The highest BCUT2D eigenvalue weighted by atomic mass is 19.4. The van der Waals surface area contributed by atoms with Gasteiger partial charge >= 0.3 is 12.4 Å². The largest absolute Gasteiger partial charge is 0.406 e. The molecule has 90 valence electrons. The molecule has 0 heterocycles. The van der Waals surface area contributed by atoms with E-state index >= 15 is 0 Å². The van der Waals surface area contributed by atoms with E-state index in [9.17, 15) is 31.1 Å². The van der Waals surface area contributed by atoms with Crippen LogP contribution in [0.15, 0.2) is 0 Å². The zero-order valence-electron chi connectivity index (χ0n) is 7.74. The number of halogens is 6. The minimum Gasteiger partial charge on any atom is -0.324 e. The lowest BCUT2D eigenvalue weighted by Crippen LogP contribution is -2.43. The molecule has 15 heavy (non-hydrogen) atoms. The molecule has 2 nitrogen and oxygen atoms in total. The van der Waals surface area contributed by atoms with E-state index in [2.05, 4.69) is 0 Å². The number of carbonyl (C=O) groups excluding carboxylic acids is 1. The van der Waals surface area contributed by atoms with Crippen LogP contribution in [0.1, 0.15) is 13.3 Å². The molecule has 0 unspecified atom stereocenters. The Morgan fingerprint density at radius 3 is 1.53 bits per heavy atom. The van der Waals surface area contributed by atoms with Crippen molar-refractivity contribution in [1.82, 2.24) is 4.90 Å². The van der Waals surface area contributed by atoms with E-state index < -0.39 is 37.8 Å². The first-order valence-electron chi connectivity index (χ1n) is 3.96. The van der Waals surface area contributed by atoms with Gasteiger partial charge in [0.05, 0.1) is 0 Å². The molecule has 0 aromatic carbocycles. The van der Waals surface area contributed by atoms with E-state index in [1.165, 1.54) is 6.92 Å². The van der Waals surface area contributed by atoms with Crippen molar-refractivity contribution in [2.75, 3.05) is 13.1 Å². The topological polar surface area (TPSA) is 20.3 Å². The number of carbonyl (C=O) groups is 1. The third-order valence-corrected chi connectivity index (χ3v) is 1.40. The summed E-state index contributed by atoms with van der Waals surface area (Å²) in [4.78, 5) is 10.5. The molecule has 0 aromatic rings. The molecule has 0 saturated heterocycles.